The zero-order valence-electron chi connectivity index (χ0n) is 11.2. The maximum absolute atomic E-state index is 12.7. The smallest absolute Gasteiger partial charge is 0.166 e. The van der Waals surface area contributed by atoms with Gasteiger partial charge in [-0.05, 0) is 50.5 Å². The summed E-state index contributed by atoms with van der Waals surface area (Å²) >= 11 is 0. The molecule has 0 nitrogen and oxygen atoms in total. The fourth-order valence-electron chi connectivity index (χ4n) is 2.52. The van der Waals surface area contributed by atoms with Gasteiger partial charge in [-0.3, -0.25) is 0 Å². The summed E-state index contributed by atoms with van der Waals surface area (Å²) in [6.07, 6.45) is 0.0925. The first-order valence-electron chi connectivity index (χ1n) is 6.51. The molecule has 2 rings (SSSR count). The van der Waals surface area contributed by atoms with Crippen LogP contribution in [0.3, 0.4) is 0 Å². The fraction of sp³-hybridized carbons (Fsp3) is 0.500. The highest BCUT2D eigenvalue weighted by Gasteiger charge is 2.31. The minimum atomic E-state index is -4.31. The van der Waals surface area contributed by atoms with Gasteiger partial charge >= 0.3 is 6.18 Å². The third-order valence-corrected chi connectivity index (χ3v) is 3.62. The van der Waals surface area contributed by atoms with Gasteiger partial charge in [-0.15, -0.1) is 0 Å². The number of alkyl halides is 3. The Bertz CT molecular complexity index is 523. The molecule has 0 amide bonds. The Morgan fingerprint density at radius 3 is 2.32 bits per heavy atom. The Hall–Kier alpha value is -1.43. The van der Waals surface area contributed by atoms with Crippen LogP contribution in [0.25, 0.3) is 0 Å². The van der Waals surface area contributed by atoms with E-state index in [1.54, 1.807) is 13.0 Å². The molecular formula is C16H17F3. The van der Waals surface area contributed by atoms with Gasteiger partial charge in [-0.1, -0.05) is 24.7 Å². The summed E-state index contributed by atoms with van der Waals surface area (Å²) < 4.78 is 38.1. The van der Waals surface area contributed by atoms with Crippen molar-refractivity contribution >= 4 is 0 Å². The van der Waals surface area contributed by atoms with Gasteiger partial charge in [0.25, 0.3) is 0 Å². The quantitative estimate of drug-likeness (QED) is 0.583. The molecule has 1 aliphatic rings. The van der Waals surface area contributed by atoms with Gasteiger partial charge in [0.05, 0.1) is 5.56 Å². The first-order valence-corrected chi connectivity index (χ1v) is 6.51. The van der Waals surface area contributed by atoms with Gasteiger partial charge in [0.2, 0.25) is 0 Å². The number of halogens is 3. The summed E-state index contributed by atoms with van der Waals surface area (Å²) in [6.45, 7) is 3.76. The molecule has 3 heteroatoms. The van der Waals surface area contributed by atoms with E-state index in [-0.39, 0.29) is 5.41 Å². The molecule has 1 aromatic carbocycles. The Kier molecular flexibility index (Phi) is 3.62. The predicted octanol–water partition coefficient (Wildman–Crippen LogP) is 4.95. The van der Waals surface area contributed by atoms with E-state index in [2.05, 4.69) is 18.8 Å². The maximum Gasteiger partial charge on any atom is 0.416 e. The van der Waals surface area contributed by atoms with Crippen LogP contribution >= 0.6 is 0 Å². The average Bonchev–Trinajstić information content (AvgIpc) is 2.72. The minimum Gasteiger partial charge on any atom is -0.166 e. The van der Waals surface area contributed by atoms with Crippen molar-refractivity contribution in [3.8, 4) is 11.8 Å². The zero-order chi connectivity index (χ0) is 14.1. The average molecular weight is 266 g/mol. The normalized spacial score (nSPS) is 17.9. The van der Waals surface area contributed by atoms with E-state index < -0.39 is 11.7 Å². The first-order chi connectivity index (χ1) is 8.78. The van der Waals surface area contributed by atoms with Gasteiger partial charge in [-0.25, -0.2) is 0 Å². The van der Waals surface area contributed by atoms with E-state index in [4.69, 9.17) is 0 Å². The third kappa shape index (κ3) is 3.53. The lowest BCUT2D eigenvalue weighted by Crippen LogP contribution is -2.07. The molecule has 0 saturated heterocycles. The molecule has 0 unspecified atom stereocenters. The lowest BCUT2D eigenvalue weighted by Gasteiger charge is -2.14. The van der Waals surface area contributed by atoms with Crippen molar-refractivity contribution in [1.82, 2.24) is 0 Å². The zero-order valence-corrected chi connectivity index (χ0v) is 11.2. The second-order valence-corrected chi connectivity index (χ2v) is 5.60. The summed E-state index contributed by atoms with van der Waals surface area (Å²) in [7, 11) is 0. The van der Waals surface area contributed by atoms with Crippen LogP contribution in [0.1, 0.15) is 49.3 Å². The van der Waals surface area contributed by atoms with Crippen molar-refractivity contribution in [2.75, 3.05) is 0 Å². The molecule has 102 valence electrons. The van der Waals surface area contributed by atoms with Crippen molar-refractivity contribution in [3.05, 3.63) is 34.9 Å². The highest BCUT2D eigenvalue weighted by molar-refractivity contribution is 5.42. The first kappa shape index (κ1) is 14.0. The topological polar surface area (TPSA) is 0 Å². The molecule has 0 aliphatic heterocycles. The molecule has 1 saturated carbocycles. The van der Waals surface area contributed by atoms with Crippen molar-refractivity contribution in [2.45, 2.75) is 45.7 Å². The summed E-state index contributed by atoms with van der Waals surface area (Å²) in [5.74, 6) is 6.09. The Labute approximate surface area is 112 Å². The van der Waals surface area contributed by atoms with Crippen LogP contribution in [0.15, 0.2) is 18.2 Å². The molecule has 0 spiro atoms. The van der Waals surface area contributed by atoms with Crippen LogP contribution in [-0.2, 0) is 6.18 Å². The van der Waals surface area contributed by atoms with Crippen LogP contribution in [0.2, 0.25) is 0 Å². The van der Waals surface area contributed by atoms with Gasteiger partial charge in [0.1, 0.15) is 0 Å². The third-order valence-electron chi connectivity index (χ3n) is 3.62. The van der Waals surface area contributed by atoms with Gasteiger partial charge < -0.3 is 0 Å². The number of hydrogen-bond donors (Lipinski definition) is 0. The molecule has 1 fully saturated rings. The van der Waals surface area contributed by atoms with Crippen LogP contribution in [-0.4, -0.2) is 0 Å². The van der Waals surface area contributed by atoms with Crippen LogP contribution < -0.4 is 0 Å². The molecule has 19 heavy (non-hydrogen) atoms. The Morgan fingerprint density at radius 2 is 1.74 bits per heavy atom. The highest BCUT2D eigenvalue weighted by Crippen LogP contribution is 2.37. The summed E-state index contributed by atoms with van der Waals surface area (Å²) in [6, 6.07) is 4.00. The van der Waals surface area contributed by atoms with Crippen molar-refractivity contribution in [3.63, 3.8) is 0 Å². The number of rotatable bonds is 0. The Balaban J connectivity index is 2.31. The van der Waals surface area contributed by atoms with Crippen LogP contribution in [0, 0.1) is 24.2 Å². The lowest BCUT2D eigenvalue weighted by molar-refractivity contribution is -0.137. The SMILES string of the molecule is Cc1cc(C#CC2(C)CCCC2)cc(C(F)(F)F)c1. The second kappa shape index (κ2) is 4.92. The molecule has 0 radical (unpaired) electrons. The Morgan fingerprint density at radius 1 is 1.11 bits per heavy atom. The van der Waals surface area contributed by atoms with Gasteiger partial charge in [0.15, 0.2) is 0 Å². The predicted molar refractivity (Wildman–Crippen MR) is 69.6 cm³/mol. The summed E-state index contributed by atoms with van der Waals surface area (Å²) in [4.78, 5) is 0. The van der Waals surface area contributed by atoms with E-state index in [1.165, 1.54) is 0 Å². The van der Waals surface area contributed by atoms with Gasteiger partial charge in [-0.2, -0.15) is 13.2 Å². The monoisotopic (exact) mass is 266 g/mol. The van der Waals surface area contributed by atoms with E-state index in [9.17, 15) is 13.2 Å². The maximum atomic E-state index is 12.7. The lowest BCUT2D eigenvalue weighted by atomic mass is 9.89. The van der Waals surface area contributed by atoms with E-state index >= 15 is 0 Å². The molecular weight excluding hydrogens is 249 g/mol. The van der Waals surface area contributed by atoms with Crippen molar-refractivity contribution in [1.29, 1.82) is 0 Å². The van der Waals surface area contributed by atoms with Gasteiger partial charge in [0, 0.05) is 11.0 Å². The van der Waals surface area contributed by atoms with Crippen LogP contribution in [0.4, 0.5) is 13.2 Å². The second-order valence-electron chi connectivity index (χ2n) is 5.60. The van der Waals surface area contributed by atoms with Crippen molar-refractivity contribution in [2.24, 2.45) is 5.41 Å². The summed E-state index contributed by atoms with van der Waals surface area (Å²) in [5, 5.41) is 0. The van der Waals surface area contributed by atoms with E-state index in [1.807, 2.05) is 0 Å². The molecule has 0 bridgehead atoms. The van der Waals surface area contributed by atoms with E-state index in [0.29, 0.717) is 11.1 Å². The van der Waals surface area contributed by atoms with E-state index in [0.717, 1.165) is 37.8 Å². The van der Waals surface area contributed by atoms with Crippen molar-refractivity contribution < 1.29 is 13.2 Å². The molecule has 1 aliphatic carbocycles. The largest absolute Gasteiger partial charge is 0.416 e. The number of benzene rings is 1. The molecule has 0 N–H and O–H groups in total. The molecule has 0 aromatic heterocycles. The molecule has 1 aromatic rings. The molecule has 0 heterocycles. The number of aryl methyl sites for hydroxylation is 1. The standard InChI is InChI=1S/C16H17F3/c1-12-9-13(11-14(10-12)16(17,18)19)5-8-15(2)6-3-4-7-15/h9-11H,3-4,6-7H2,1-2H3. The molecule has 0 atom stereocenters. The minimum absolute atomic E-state index is 0.0257. The summed E-state index contributed by atoms with van der Waals surface area (Å²) in [5.41, 5.74) is 0.409. The highest BCUT2D eigenvalue weighted by atomic mass is 19.4. The van der Waals surface area contributed by atoms with Crippen LogP contribution in [0.5, 0.6) is 0 Å². The fourth-order valence-corrected chi connectivity index (χ4v) is 2.52. The number of hydrogen-bond acceptors (Lipinski definition) is 0.